The van der Waals surface area contributed by atoms with Crippen molar-refractivity contribution in [2.24, 2.45) is 28.6 Å². The van der Waals surface area contributed by atoms with Crippen LogP contribution in [0.5, 0.6) is 0 Å². The molecule has 2 aliphatic carbocycles. The number of hydrogen-bond acceptors (Lipinski definition) is 6. The van der Waals surface area contributed by atoms with Gasteiger partial charge in [0, 0.05) is 18.3 Å². The van der Waals surface area contributed by atoms with Crippen molar-refractivity contribution >= 4 is 17.7 Å². The molecule has 0 unspecified atom stereocenters. The molecule has 0 spiro atoms. The summed E-state index contributed by atoms with van der Waals surface area (Å²) >= 11 is 0. The molecule has 0 aromatic carbocycles. The molecule has 0 N–H and O–H groups in total. The van der Waals surface area contributed by atoms with E-state index >= 15 is 0 Å². The van der Waals surface area contributed by atoms with Crippen LogP contribution in [-0.4, -0.2) is 43.6 Å². The lowest BCUT2D eigenvalue weighted by molar-refractivity contribution is -0.175. The number of esters is 2. The van der Waals surface area contributed by atoms with Crippen LogP contribution in [0.2, 0.25) is 0 Å². The largest absolute Gasteiger partial charge is 0.469 e. The minimum Gasteiger partial charge on any atom is -0.469 e. The van der Waals surface area contributed by atoms with Gasteiger partial charge in [0.2, 0.25) is 0 Å². The standard InChI is InChI=1S/C22H34O6/c1-13(2)14(23)8-9-15-20(3)10-7-11-21(4,18(24)26-5)16(20)12-17-22(15,28-17)19(25)27-6/h13,15-17H,7-12H2,1-6H3/t15-,16+,17-,20+,21+,22+/m0/s1. The molecule has 3 aliphatic rings. The third kappa shape index (κ3) is 2.90. The highest BCUT2D eigenvalue weighted by Gasteiger charge is 2.77. The zero-order chi connectivity index (χ0) is 20.9. The lowest BCUT2D eigenvalue weighted by Crippen LogP contribution is -2.59. The van der Waals surface area contributed by atoms with Crippen molar-refractivity contribution in [3.05, 3.63) is 0 Å². The van der Waals surface area contributed by atoms with Gasteiger partial charge in [-0.25, -0.2) is 4.79 Å². The van der Waals surface area contributed by atoms with E-state index in [1.165, 1.54) is 14.2 Å². The van der Waals surface area contributed by atoms with Gasteiger partial charge in [-0.3, -0.25) is 9.59 Å². The molecule has 3 fully saturated rings. The fourth-order valence-corrected chi connectivity index (χ4v) is 6.37. The molecule has 1 saturated heterocycles. The predicted molar refractivity (Wildman–Crippen MR) is 102 cm³/mol. The van der Waals surface area contributed by atoms with Gasteiger partial charge < -0.3 is 14.2 Å². The second-order valence-corrected chi connectivity index (χ2v) is 9.66. The van der Waals surface area contributed by atoms with E-state index in [2.05, 4.69) is 6.92 Å². The first-order valence-electron chi connectivity index (χ1n) is 10.4. The summed E-state index contributed by atoms with van der Waals surface area (Å²) in [5.74, 6) is -0.483. The summed E-state index contributed by atoms with van der Waals surface area (Å²) in [6, 6.07) is 0. The lowest BCUT2D eigenvalue weighted by atomic mass is 9.45. The number of methoxy groups -OCH3 is 2. The minimum absolute atomic E-state index is 0.0381. The van der Waals surface area contributed by atoms with Crippen LogP contribution in [0.25, 0.3) is 0 Å². The maximum Gasteiger partial charge on any atom is 0.341 e. The Kier molecular flexibility index (Phi) is 5.41. The van der Waals surface area contributed by atoms with E-state index in [0.29, 0.717) is 19.3 Å². The molecule has 28 heavy (non-hydrogen) atoms. The van der Waals surface area contributed by atoms with Crippen LogP contribution in [0.3, 0.4) is 0 Å². The SMILES string of the molecule is COC(=O)[C@]12O[C@H]1C[C@@H]1[C@](C)(CCC[C@@]1(C)C(=O)OC)[C@@H]2CCC(=O)C(C)C. The summed E-state index contributed by atoms with van der Waals surface area (Å²) in [5.41, 5.74) is -1.86. The summed E-state index contributed by atoms with van der Waals surface area (Å²) in [7, 11) is 2.83. The third-order valence-electron chi connectivity index (χ3n) is 7.98. The topological polar surface area (TPSA) is 82.2 Å². The molecule has 1 heterocycles. The summed E-state index contributed by atoms with van der Waals surface area (Å²) < 4.78 is 16.3. The van der Waals surface area contributed by atoms with Gasteiger partial charge in [-0.2, -0.15) is 0 Å². The Morgan fingerprint density at radius 1 is 1.07 bits per heavy atom. The van der Waals surface area contributed by atoms with E-state index in [9.17, 15) is 14.4 Å². The molecule has 6 nitrogen and oxygen atoms in total. The van der Waals surface area contributed by atoms with Crippen molar-refractivity contribution in [1.82, 2.24) is 0 Å². The van der Waals surface area contributed by atoms with Crippen LogP contribution in [0.15, 0.2) is 0 Å². The Morgan fingerprint density at radius 3 is 2.29 bits per heavy atom. The molecule has 3 rings (SSSR count). The highest BCUT2D eigenvalue weighted by atomic mass is 16.7. The maximum atomic E-state index is 12.8. The number of hydrogen-bond donors (Lipinski definition) is 0. The van der Waals surface area contributed by atoms with E-state index in [1.807, 2.05) is 20.8 Å². The Morgan fingerprint density at radius 2 is 1.71 bits per heavy atom. The zero-order valence-electron chi connectivity index (χ0n) is 18.0. The molecular weight excluding hydrogens is 360 g/mol. The molecule has 0 aromatic rings. The van der Waals surface area contributed by atoms with Gasteiger partial charge in [-0.15, -0.1) is 0 Å². The Balaban J connectivity index is 1.99. The van der Waals surface area contributed by atoms with Gasteiger partial charge in [-0.05, 0) is 43.9 Å². The second-order valence-electron chi connectivity index (χ2n) is 9.66. The first-order chi connectivity index (χ1) is 13.1. The van der Waals surface area contributed by atoms with Crippen molar-refractivity contribution < 1.29 is 28.6 Å². The molecule has 6 heteroatoms. The number of carbonyl (C=O) groups excluding carboxylic acids is 3. The number of rotatable bonds is 6. The molecule has 0 aromatic heterocycles. The van der Waals surface area contributed by atoms with E-state index in [-0.39, 0.29) is 47.0 Å². The van der Waals surface area contributed by atoms with Gasteiger partial charge in [0.05, 0.1) is 25.7 Å². The third-order valence-corrected chi connectivity index (χ3v) is 7.98. The Hall–Kier alpha value is -1.43. The smallest absolute Gasteiger partial charge is 0.341 e. The number of ketones is 1. The molecular formula is C22H34O6. The minimum atomic E-state index is -0.967. The highest BCUT2D eigenvalue weighted by Crippen LogP contribution is 2.69. The van der Waals surface area contributed by atoms with Crippen LogP contribution in [0.4, 0.5) is 0 Å². The Labute approximate surface area is 167 Å². The molecule has 1 aliphatic heterocycles. The van der Waals surface area contributed by atoms with Crippen molar-refractivity contribution in [1.29, 1.82) is 0 Å². The van der Waals surface area contributed by atoms with Gasteiger partial charge in [0.1, 0.15) is 5.78 Å². The average Bonchev–Trinajstić information content (AvgIpc) is 3.39. The zero-order valence-corrected chi connectivity index (χ0v) is 18.0. The summed E-state index contributed by atoms with van der Waals surface area (Å²) in [6.07, 6.45) is 3.94. The Bertz CT molecular complexity index is 672. The first-order valence-corrected chi connectivity index (χ1v) is 10.4. The van der Waals surface area contributed by atoms with E-state index in [0.717, 1.165) is 19.3 Å². The quantitative estimate of drug-likeness (QED) is 0.508. The number of epoxide rings is 1. The molecule has 0 amide bonds. The average molecular weight is 395 g/mol. The van der Waals surface area contributed by atoms with Crippen LogP contribution >= 0.6 is 0 Å². The summed E-state index contributed by atoms with van der Waals surface area (Å²) in [6.45, 7) is 7.96. The van der Waals surface area contributed by atoms with Crippen molar-refractivity contribution in [3.8, 4) is 0 Å². The normalized spacial score (nSPS) is 41.6. The van der Waals surface area contributed by atoms with E-state index < -0.39 is 11.0 Å². The van der Waals surface area contributed by atoms with Crippen LogP contribution in [-0.2, 0) is 28.6 Å². The summed E-state index contributed by atoms with van der Waals surface area (Å²) in [4.78, 5) is 37.9. The fraction of sp³-hybridized carbons (Fsp3) is 0.864. The molecule has 2 saturated carbocycles. The molecule has 0 radical (unpaired) electrons. The number of fused-ring (bicyclic) bond motifs is 2. The van der Waals surface area contributed by atoms with Crippen LogP contribution in [0, 0.1) is 28.6 Å². The van der Waals surface area contributed by atoms with Gasteiger partial charge >= 0.3 is 11.9 Å². The van der Waals surface area contributed by atoms with Crippen molar-refractivity contribution in [2.75, 3.05) is 14.2 Å². The van der Waals surface area contributed by atoms with Gasteiger partial charge in [0.25, 0.3) is 0 Å². The predicted octanol–water partition coefficient (Wildman–Crippen LogP) is 3.31. The van der Waals surface area contributed by atoms with E-state index in [4.69, 9.17) is 14.2 Å². The monoisotopic (exact) mass is 394 g/mol. The van der Waals surface area contributed by atoms with E-state index in [1.54, 1.807) is 0 Å². The van der Waals surface area contributed by atoms with Gasteiger partial charge in [-0.1, -0.05) is 27.2 Å². The molecule has 158 valence electrons. The van der Waals surface area contributed by atoms with Crippen LogP contribution in [0.1, 0.15) is 66.2 Å². The molecule has 0 bridgehead atoms. The van der Waals surface area contributed by atoms with Crippen molar-refractivity contribution in [2.45, 2.75) is 77.9 Å². The second kappa shape index (κ2) is 7.12. The van der Waals surface area contributed by atoms with Crippen LogP contribution < -0.4 is 0 Å². The highest BCUT2D eigenvalue weighted by molar-refractivity contribution is 5.85. The fourth-order valence-electron chi connectivity index (χ4n) is 6.37. The maximum absolute atomic E-state index is 12.8. The number of carbonyl (C=O) groups is 3. The van der Waals surface area contributed by atoms with Crippen molar-refractivity contribution in [3.63, 3.8) is 0 Å². The summed E-state index contributed by atoms with van der Waals surface area (Å²) in [5, 5.41) is 0. The number of Topliss-reactive ketones (excluding diaryl/α,β-unsaturated/α-hetero) is 1. The first kappa shape index (κ1) is 21.3. The lowest BCUT2D eigenvalue weighted by Gasteiger charge is -2.57. The van der Waals surface area contributed by atoms with Gasteiger partial charge in [0.15, 0.2) is 5.60 Å². The number of ether oxygens (including phenoxy) is 3. The molecule has 6 atom stereocenters.